The Bertz CT molecular complexity index is 402. The smallest absolute Gasteiger partial charge is 0.0414 e. The van der Waals surface area contributed by atoms with E-state index in [1.54, 1.807) is 0 Å². The Morgan fingerprint density at radius 1 is 1.30 bits per heavy atom. The fourth-order valence-electron chi connectivity index (χ4n) is 3.44. The van der Waals surface area contributed by atoms with Gasteiger partial charge in [-0.2, -0.15) is 0 Å². The Morgan fingerprint density at radius 3 is 2.85 bits per heavy atom. The number of hydrogen-bond donors (Lipinski definition) is 1. The second-order valence-electron chi connectivity index (χ2n) is 6.15. The van der Waals surface area contributed by atoms with Gasteiger partial charge in [-0.1, -0.05) is 45.4 Å². The molecule has 2 rings (SSSR count). The molecular weight excluding hydrogens is 244 g/mol. The van der Waals surface area contributed by atoms with Crippen LogP contribution in [0.4, 0.5) is 5.69 Å². The summed E-state index contributed by atoms with van der Waals surface area (Å²) in [4.78, 5) is 2.62. The maximum atomic E-state index is 3.65. The molecule has 0 bridgehead atoms. The molecule has 0 radical (unpaired) electrons. The van der Waals surface area contributed by atoms with E-state index in [4.69, 9.17) is 0 Å². The van der Waals surface area contributed by atoms with Crippen LogP contribution in [0, 0.1) is 5.92 Å². The fourth-order valence-corrected chi connectivity index (χ4v) is 3.44. The van der Waals surface area contributed by atoms with E-state index in [9.17, 15) is 0 Å². The van der Waals surface area contributed by atoms with Crippen LogP contribution in [0.3, 0.4) is 0 Å². The summed E-state index contributed by atoms with van der Waals surface area (Å²) in [5.74, 6) is 0.781. The normalized spacial score (nSPS) is 20.4. The lowest BCUT2D eigenvalue weighted by molar-refractivity contribution is 0.495. The SMILES string of the molecule is CCCC(C)CN1CCCC(NCC)c2ccccc21. The second-order valence-corrected chi connectivity index (χ2v) is 6.15. The zero-order valence-electron chi connectivity index (χ0n) is 13.4. The molecule has 112 valence electrons. The third-order valence-electron chi connectivity index (χ3n) is 4.34. The summed E-state index contributed by atoms with van der Waals surface area (Å²) in [6.45, 7) is 10.3. The molecule has 0 aliphatic carbocycles. The summed E-state index contributed by atoms with van der Waals surface area (Å²) in [5.41, 5.74) is 2.95. The average Bonchev–Trinajstić information content (AvgIpc) is 2.61. The second kappa shape index (κ2) is 7.68. The number of nitrogens with one attached hydrogen (secondary N) is 1. The third kappa shape index (κ3) is 3.76. The highest BCUT2D eigenvalue weighted by Crippen LogP contribution is 2.33. The van der Waals surface area contributed by atoms with Crippen molar-refractivity contribution in [2.24, 2.45) is 5.92 Å². The van der Waals surface area contributed by atoms with Gasteiger partial charge in [0.05, 0.1) is 0 Å². The van der Waals surface area contributed by atoms with Gasteiger partial charge < -0.3 is 10.2 Å². The molecule has 0 amide bonds. The lowest BCUT2D eigenvalue weighted by atomic mass is 10.0. The predicted molar refractivity (Wildman–Crippen MR) is 88.4 cm³/mol. The van der Waals surface area contributed by atoms with Crippen molar-refractivity contribution in [3.63, 3.8) is 0 Å². The first kappa shape index (κ1) is 15.4. The van der Waals surface area contributed by atoms with E-state index >= 15 is 0 Å². The van der Waals surface area contributed by atoms with Crippen molar-refractivity contribution in [1.82, 2.24) is 5.32 Å². The van der Waals surface area contributed by atoms with E-state index < -0.39 is 0 Å². The van der Waals surface area contributed by atoms with Crippen molar-refractivity contribution in [3.05, 3.63) is 29.8 Å². The van der Waals surface area contributed by atoms with Gasteiger partial charge in [-0.25, -0.2) is 0 Å². The molecule has 0 fully saturated rings. The minimum Gasteiger partial charge on any atom is -0.371 e. The van der Waals surface area contributed by atoms with Crippen molar-refractivity contribution in [2.45, 2.75) is 52.5 Å². The van der Waals surface area contributed by atoms with Crippen molar-refractivity contribution in [3.8, 4) is 0 Å². The van der Waals surface area contributed by atoms with Gasteiger partial charge >= 0.3 is 0 Å². The maximum Gasteiger partial charge on any atom is 0.0414 e. The summed E-state index contributed by atoms with van der Waals surface area (Å²) in [5, 5.41) is 3.65. The highest BCUT2D eigenvalue weighted by molar-refractivity contribution is 5.55. The van der Waals surface area contributed by atoms with Gasteiger partial charge in [0.2, 0.25) is 0 Å². The van der Waals surface area contributed by atoms with E-state index in [1.807, 2.05) is 0 Å². The van der Waals surface area contributed by atoms with Crippen LogP contribution in [0.2, 0.25) is 0 Å². The van der Waals surface area contributed by atoms with Crippen molar-refractivity contribution in [1.29, 1.82) is 0 Å². The Kier molecular flexibility index (Phi) is 5.90. The molecule has 1 aromatic carbocycles. The summed E-state index contributed by atoms with van der Waals surface area (Å²) in [6.07, 6.45) is 5.15. The van der Waals surface area contributed by atoms with Gasteiger partial charge in [-0.05, 0) is 43.4 Å². The number of nitrogens with zero attached hydrogens (tertiary/aromatic N) is 1. The lowest BCUT2D eigenvalue weighted by Gasteiger charge is -2.28. The number of para-hydroxylation sites is 1. The molecule has 1 N–H and O–H groups in total. The van der Waals surface area contributed by atoms with E-state index in [0.29, 0.717) is 6.04 Å². The van der Waals surface area contributed by atoms with Crippen LogP contribution in [0.5, 0.6) is 0 Å². The van der Waals surface area contributed by atoms with Crippen LogP contribution in [0.25, 0.3) is 0 Å². The lowest BCUT2D eigenvalue weighted by Crippen LogP contribution is -2.29. The number of hydrogen-bond acceptors (Lipinski definition) is 2. The number of benzene rings is 1. The molecule has 0 spiro atoms. The molecule has 0 saturated carbocycles. The van der Waals surface area contributed by atoms with Gasteiger partial charge in [0.25, 0.3) is 0 Å². The van der Waals surface area contributed by atoms with Crippen molar-refractivity contribution >= 4 is 5.69 Å². The number of rotatable bonds is 6. The molecule has 2 unspecified atom stereocenters. The van der Waals surface area contributed by atoms with Gasteiger partial charge in [0.1, 0.15) is 0 Å². The maximum absolute atomic E-state index is 3.65. The van der Waals surface area contributed by atoms with Crippen LogP contribution >= 0.6 is 0 Å². The van der Waals surface area contributed by atoms with E-state index in [1.165, 1.54) is 50.0 Å². The fraction of sp³-hybridized carbons (Fsp3) is 0.667. The highest BCUT2D eigenvalue weighted by Gasteiger charge is 2.22. The molecule has 1 aliphatic heterocycles. The molecular formula is C18H30N2. The van der Waals surface area contributed by atoms with Crippen LogP contribution in [0.15, 0.2) is 24.3 Å². The summed E-state index contributed by atoms with van der Waals surface area (Å²) >= 11 is 0. The molecule has 2 nitrogen and oxygen atoms in total. The first-order valence-electron chi connectivity index (χ1n) is 8.33. The molecule has 20 heavy (non-hydrogen) atoms. The minimum absolute atomic E-state index is 0.530. The Morgan fingerprint density at radius 2 is 2.10 bits per heavy atom. The van der Waals surface area contributed by atoms with Crippen LogP contribution < -0.4 is 10.2 Å². The number of fused-ring (bicyclic) bond motifs is 1. The Hall–Kier alpha value is -1.02. The monoisotopic (exact) mass is 274 g/mol. The first-order chi connectivity index (χ1) is 9.76. The first-order valence-corrected chi connectivity index (χ1v) is 8.33. The Labute approximate surface area is 124 Å². The van der Waals surface area contributed by atoms with Gasteiger partial charge in [0.15, 0.2) is 0 Å². The van der Waals surface area contributed by atoms with Crippen molar-refractivity contribution in [2.75, 3.05) is 24.5 Å². The molecule has 1 aliphatic rings. The third-order valence-corrected chi connectivity index (χ3v) is 4.34. The highest BCUT2D eigenvalue weighted by atomic mass is 15.1. The standard InChI is InChI=1S/C18H30N2/c1-4-9-15(3)14-20-13-8-11-17(19-5-2)16-10-6-7-12-18(16)20/h6-7,10,12,15,17,19H,4-5,8-9,11,13-14H2,1-3H3. The molecule has 0 aromatic heterocycles. The molecule has 2 atom stereocenters. The largest absolute Gasteiger partial charge is 0.371 e. The summed E-state index contributed by atoms with van der Waals surface area (Å²) in [7, 11) is 0. The zero-order valence-corrected chi connectivity index (χ0v) is 13.4. The molecule has 0 saturated heterocycles. The van der Waals surface area contributed by atoms with Crippen molar-refractivity contribution < 1.29 is 0 Å². The average molecular weight is 274 g/mol. The van der Waals surface area contributed by atoms with E-state index in [2.05, 4.69) is 55.3 Å². The predicted octanol–water partition coefficient (Wildman–Crippen LogP) is 4.37. The van der Waals surface area contributed by atoms with Crippen LogP contribution in [-0.2, 0) is 0 Å². The topological polar surface area (TPSA) is 15.3 Å². The summed E-state index contributed by atoms with van der Waals surface area (Å²) in [6, 6.07) is 9.52. The minimum atomic E-state index is 0.530. The van der Waals surface area contributed by atoms with Gasteiger partial charge in [-0.3, -0.25) is 0 Å². The van der Waals surface area contributed by atoms with Crippen LogP contribution in [0.1, 0.15) is 58.1 Å². The quantitative estimate of drug-likeness (QED) is 0.828. The summed E-state index contributed by atoms with van der Waals surface area (Å²) < 4.78 is 0. The zero-order chi connectivity index (χ0) is 14.4. The van der Waals surface area contributed by atoms with Crippen LogP contribution in [-0.4, -0.2) is 19.6 Å². The Balaban J connectivity index is 2.19. The molecule has 2 heteroatoms. The van der Waals surface area contributed by atoms with E-state index in [0.717, 1.165) is 12.5 Å². The number of anilines is 1. The van der Waals surface area contributed by atoms with Gasteiger partial charge in [0, 0.05) is 24.8 Å². The van der Waals surface area contributed by atoms with E-state index in [-0.39, 0.29) is 0 Å². The molecule has 1 heterocycles. The van der Waals surface area contributed by atoms with Gasteiger partial charge in [-0.15, -0.1) is 0 Å². The molecule has 1 aromatic rings.